The number of para-hydroxylation sites is 1. The number of hydrogen-bond acceptors (Lipinski definition) is 6. The third-order valence-electron chi connectivity index (χ3n) is 6.71. The van der Waals surface area contributed by atoms with E-state index in [-0.39, 0.29) is 24.1 Å². The Morgan fingerprint density at radius 2 is 1.87 bits per heavy atom. The summed E-state index contributed by atoms with van der Waals surface area (Å²) >= 11 is 5.82. The molecule has 0 bridgehead atoms. The van der Waals surface area contributed by atoms with Gasteiger partial charge in [-0.05, 0) is 48.7 Å². The van der Waals surface area contributed by atoms with Crippen LogP contribution < -0.4 is 10.9 Å². The van der Waals surface area contributed by atoms with Crippen LogP contribution >= 0.6 is 11.6 Å². The summed E-state index contributed by atoms with van der Waals surface area (Å²) in [5.41, 5.74) is 2.85. The molecule has 2 unspecified atom stereocenters. The standard InChI is InChI=1S/C29H32ClN5O3/c1-4-22(31-17-25(36)21-13-14-26(30)32-16-21)15-19-9-11-20(12-10-19)28(37)34(2)18-27-33-24-8-6-5-7-23(24)29(38)35(27)3/h5-14,16,22,25,31,36H,4,15,17-18H2,1-3H3. The maximum absolute atomic E-state index is 13.1. The molecule has 4 rings (SSSR count). The van der Waals surface area contributed by atoms with Crippen molar-refractivity contribution in [1.82, 2.24) is 24.8 Å². The first-order chi connectivity index (χ1) is 18.3. The lowest BCUT2D eigenvalue weighted by atomic mass is 10.0. The van der Waals surface area contributed by atoms with Gasteiger partial charge in [0.1, 0.15) is 11.0 Å². The number of carbonyl (C=O) groups excluding carboxylic acids is 1. The van der Waals surface area contributed by atoms with Crippen LogP contribution in [0, 0.1) is 0 Å². The molecule has 0 saturated carbocycles. The van der Waals surface area contributed by atoms with E-state index in [1.807, 2.05) is 36.4 Å². The first-order valence-corrected chi connectivity index (χ1v) is 13.0. The second-order valence-corrected chi connectivity index (χ2v) is 9.80. The van der Waals surface area contributed by atoms with Crippen molar-refractivity contribution in [3.8, 4) is 0 Å². The van der Waals surface area contributed by atoms with Gasteiger partial charge in [0.2, 0.25) is 0 Å². The zero-order valence-corrected chi connectivity index (χ0v) is 22.5. The molecular weight excluding hydrogens is 502 g/mol. The zero-order valence-electron chi connectivity index (χ0n) is 21.8. The minimum Gasteiger partial charge on any atom is -0.387 e. The number of pyridine rings is 1. The molecule has 0 saturated heterocycles. The third-order valence-corrected chi connectivity index (χ3v) is 6.94. The van der Waals surface area contributed by atoms with Crippen LogP contribution in [0.1, 0.15) is 46.8 Å². The molecular formula is C29H32ClN5O3. The first kappa shape index (κ1) is 27.4. The lowest BCUT2D eigenvalue weighted by Gasteiger charge is -2.21. The highest BCUT2D eigenvalue weighted by atomic mass is 35.5. The lowest BCUT2D eigenvalue weighted by Crippen LogP contribution is -2.34. The maximum atomic E-state index is 13.1. The highest BCUT2D eigenvalue weighted by molar-refractivity contribution is 6.29. The summed E-state index contributed by atoms with van der Waals surface area (Å²) in [6.45, 7) is 2.70. The fourth-order valence-corrected chi connectivity index (χ4v) is 4.43. The van der Waals surface area contributed by atoms with Crippen LogP contribution in [0.25, 0.3) is 10.9 Å². The van der Waals surface area contributed by atoms with E-state index in [9.17, 15) is 14.7 Å². The van der Waals surface area contributed by atoms with Gasteiger partial charge in [-0.15, -0.1) is 0 Å². The van der Waals surface area contributed by atoms with Crippen molar-refractivity contribution in [2.24, 2.45) is 7.05 Å². The molecule has 4 aromatic rings. The Labute approximate surface area is 226 Å². The molecule has 8 nitrogen and oxygen atoms in total. The van der Waals surface area contributed by atoms with Gasteiger partial charge in [0, 0.05) is 44.0 Å². The first-order valence-electron chi connectivity index (χ1n) is 12.6. The van der Waals surface area contributed by atoms with Crippen molar-refractivity contribution in [1.29, 1.82) is 0 Å². The number of halogens is 1. The van der Waals surface area contributed by atoms with E-state index in [0.29, 0.717) is 39.6 Å². The summed E-state index contributed by atoms with van der Waals surface area (Å²) in [5, 5.41) is 14.8. The Hall–Kier alpha value is -3.59. The quantitative estimate of drug-likeness (QED) is 0.300. The van der Waals surface area contributed by atoms with Crippen molar-refractivity contribution >= 4 is 28.4 Å². The molecule has 0 fully saturated rings. The number of fused-ring (bicyclic) bond motifs is 1. The number of aliphatic hydroxyl groups is 1. The molecule has 1 amide bonds. The zero-order chi connectivity index (χ0) is 27.2. The molecule has 2 aromatic carbocycles. The Kier molecular flexibility index (Phi) is 8.89. The Morgan fingerprint density at radius 3 is 2.55 bits per heavy atom. The minimum absolute atomic E-state index is 0.132. The molecule has 0 aliphatic rings. The van der Waals surface area contributed by atoms with E-state index in [0.717, 1.165) is 18.4 Å². The van der Waals surface area contributed by atoms with Crippen molar-refractivity contribution in [3.63, 3.8) is 0 Å². The normalized spacial score (nSPS) is 12.9. The van der Waals surface area contributed by atoms with Crippen LogP contribution in [0.15, 0.2) is 71.7 Å². The number of rotatable bonds is 10. The molecule has 0 aliphatic heterocycles. The smallest absolute Gasteiger partial charge is 0.261 e. The maximum Gasteiger partial charge on any atom is 0.261 e. The van der Waals surface area contributed by atoms with E-state index in [2.05, 4.69) is 22.2 Å². The number of amides is 1. The Bertz CT molecular complexity index is 1450. The summed E-state index contributed by atoms with van der Waals surface area (Å²) in [7, 11) is 3.38. The molecule has 0 spiro atoms. The number of carbonyl (C=O) groups is 1. The fourth-order valence-electron chi connectivity index (χ4n) is 4.32. The fraction of sp³-hybridized carbons (Fsp3) is 0.310. The van der Waals surface area contributed by atoms with Gasteiger partial charge in [-0.25, -0.2) is 9.97 Å². The van der Waals surface area contributed by atoms with Gasteiger partial charge in [-0.2, -0.15) is 0 Å². The van der Waals surface area contributed by atoms with Gasteiger partial charge < -0.3 is 15.3 Å². The largest absolute Gasteiger partial charge is 0.387 e. The molecule has 9 heteroatoms. The van der Waals surface area contributed by atoms with Gasteiger partial charge in [-0.1, -0.05) is 48.9 Å². The van der Waals surface area contributed by atoms with Crippen LogP contribution in [0.3, 0.4) is 0 Å². The average molecular weight is 534 g/mol. The van der Waals surface area contributed by atoms with Crippen LogP contribution in [0.4, 0.5) is 0 Å². The minimum atomic E-state index is -0.680. The molecule has 2 aromatic heterocycles. The Morgan fingerprint density at radius 1 is 1.13 bits per heavy atom. The predicted octanol–water partition coefficient (Wildman–Crippen LogP) is 3.90. The Balaban J connectivity index is 1.36. The van der Waals surface area contributed by atoms with Crippen molar-refractivity contribution < 1.29 is 9.90 Å². The molecule has 0 radical (unpaired) electrons. The van der Waals surface area contributed by atoms with E-state index in [4.69, 9.17) is 11.6 Å². The second-order valence-electron chi connectivity index (χ2n) is 9.42. The summed E-state index contributed by atoms with van der Waals surface area (Å²) in [5.74, 6) is 0.374. The summed E-state index contributed by atoms with van der Waals surface area (Å²) in [6, 6.07) is 18.3. The average Bonchev–Trinajstić information content (AvgIpc) is 2.94. The number of aromatic nitrogens is 3. The number of aliphatic hydroxyl groups excluding tert-OH is 1. The molecule has 2 atom stereocenters. The lowest BCUT2D eigenvalue weighted by molar-refractivity contribution is 0.0780. The number of nitrogens with one attached hydrogen (secondary N) is 1. The summed E-state index contributed by atoms with van der Waals surface area (Å²) in [6.07, 6.45) is 2.54. The van der Waals surface area contributed by atoms with Crippen LogP contribution in [-0.4, -0.2) is 50.1 Å². The van der Waals surface area contributed by atoms with Gasteiger partial charge in [0.25, 0.3) is 11.5 Å². The summed E-state index contributed by atoms with van der Waals surface area (Å²) < 4.78 is 1.49. The molecule has 38 heavy (non-hydrogen) atoms. The van der Waals surface area contributed by atoms with Gasteiger partial charge in [0.05, 0.1) is 23.6 Å². The van der Waals surface area contributed by atoms with Gasteiger partial charge >= 0.3 is 0 Å². The monoisotopic (exact) mass is 533 g/mol. The van der Waals surface area contributed by atoms with Gasteiger partial charge in [-0.3, -0.25) is 14.2 Å². The van der Waals surface area contributed by atoms with E-state index in [1.54, 1.807) is 49.5 Å². The van der Waals surface area contributed by atoms with Crippen LogP contribution in [-0.2, 0) is 20.0 Å². The highest BCUT2D eigenvalue weighted by Crippen LogP contribution is 2.16. The summed E-state index contributed by atoms with van der Waals surface area (Å²) in [4.78, 5) is 36.0. The van der Waals surface area contributed by atoms with Crippen molar-refractivity contribution in [2.75, 3.05) is 13.6 Å². The second kappa shape index (κ2) is 12.3. The number of hydrogen-bond donors (Lipinski definition) is 2. The topological polar surface area (TPSA) is 100 Å². The third kappa shape index (κ3) is 6.45. The predicted molar refractivity (Wildman–Crippen MR) is 149 cm³/mol. The van der Waals surface area contributed by atoms with E-state index in [1.165, 1.54) is 4.57 Å². The van der Waals surface area contributed by atoms with Gasteiger partial charge in [0.15, 0.2) is 0 Å². The van der Waals surface area contributed by atoms with E-state index >= 15 is 0 Å². The molecule has 2 N–H and O–H groups in total. The molecule has 198 valence electrons. The van der Waals surface area contributed by atoms with Crippen LogP contribution in [0.2, 0.25) is 5.15 Å². The molecule has 0 aliphatic carbocycles. The van der Waals surface area contributed by atoms with Crippen LogP contribution in [0.5, 0.6) is 0 Å². The SMILES string of the molecule is CCC(Cc1ccc(C(=O)N(C)Cc2nc3ccccc3c(=O)n2C)cc1)NCC(O)c1ccc(Cl)nc1. The van der Waals surface area contributed by atoms with Crippen molar-refractivity contribution in [3.05, 3.63) is 105 Å². The number of benzene rings is 2. The highest BCUT2D eigenvalue weighted by Gasteiger charge is 2.17. The van der Waals surface area contributed by atoms with Crippen molar-refractivity contribution in [2.45, 2.75) is 38.5 Å². The molecule has 2 heterocycles. The number of nitrogens with zero attached hydrogens (tertiary/aromatic N) is 4. The van der Waals surface area contributed by atoms with E-state index < -0.39 is 6.10 Å².